The molecule has 1 heterocycles. The lowest BCUT2D eigenvalue weighted by atomic mass is 10.1. The maximum atomic E-state index is 12.3. The van der Waals surface area contributed by atoms with Gasteiger partial charge in [-0.15, -0.1) is 0 Å². The van der Waals surface area contributed by atoms with Gasteiger partial charge in [0, 0.05) is 11.1 Å². The second kappa shape index (κ2) is 5.81. The summed E-state index contributed by atoms with van der Waals surface area (Å²) in [5.41, 5.74) is 2.36. The molecule has 0 radical (unpaired) electrons. The minimum atomic E-state index is -0.285. The second-order valence-electron chi connectivity index (χ2n) is 4.85. The molecule has 110 valence electrons. The summed E-state index contributed by atoms with van der Waals surface area (Å²) in [5.74, 6) is 0.809. The number of ether oxygens (including phenoxy) is 1. The summed E-state index contributed by atoms with van der Waals surface area (Å²) in [4.78, 5) is 16.5. The number of methoxy groups -OCH3 is 1. The van der Waals surface area contributed by atoms with Gasteiger partial charge in [0.2, 0.25) is 5.82 Å². The molecular weight excluding hydrogens is 280 g/mol. The SMILES string of the molecule is COc1ccc(-c2noc(C(=O)c3ccc(C)cc3)n2)cc1. The Hall–Kier alpha value is -2.95. The van der Waals surface area contributed by atoms with Crippen molar-refractivity contribution in [1.29, 1.82) is 0 Å². The standard InChI is InChI=1S/C17H14N2O3/c1-11-3-5-12(6-4-11)15(20)17-18-16(19-22-17)13-7-9-14(21-2)10-8-13/h3-10H,1-2H3. The predicted octanol–water partition coefficient (Wildman–Crippen LogP) is 3.28. The van der Waals surface area contributed by atoms with E-state index < -0.39 is 0 Å². The minimum Gasteiger partial charge on any atom is -0.497 e. The normalized spacial score (nSPS) is 10.5. The van der Waals surface area contributed by atoms with Gasteiger partial charge in [-0.1, -0.05) is 35.0 Å². The van der Waals surface area contributed by atoms with Crippen molar-refractivity contribution in [1.82, 2.24) is 10.1 Å². The van der Waals surface area contributed by atoms with Gasteiger partial charge >= 0.3 is 0 Å². The van der Waals surface area contributed by atoms with Gasteiger partial charge in [0.15, 0.2) is 0 Å². The molecule has 0 spiro atoms. The molecule has 1 aromatic heterocycles. The van der Waals surface area contributed by atoms with Crippen LogP contribution < -0.4 is 4.74 Å². The molecule has 0 fully saturated rings. The van der Waals surface area contributed by atoms with Gasteiger partial charge in [0.1, 0.15) is 5.75 Å². The zero-order valence-electron chi connectivity index (χ0n) is 12.2. The Bertz CT molecular complexity index is 790. The highest BCUT2D eigenvalue weighted by Crippen LogP contribution is 2.20. The van der Waals surface area contributed by atoms with E-state index in [4.69, 9.17) is 9.26 Å². The van der Waals surface area contributed by atoms with Crippen molar-refractivity contribution in [2.75, 3.05) is 7.11 Å². The quantitative estimate of drug-likeness (QED) is 0.691. The topological polar surface area (TPSA) is 65.2 Å². The van der Waals surface area contributed by atoms with E-state index in [0.29, 0.717) is 11.4 Å². The average molecular weight is 294 g/mol. The van der Waals surface area contributed by atoms with Crippen molar-refractivity contribution in [3.8, 4) is 17.1 Å². The van der Waals surface area contributed by atoms with Crippen LogP contribution in [0.25, 0.3) is 11.4 Å². The van der Waals surface area contributed by atoms with E-state index in [9.17, 15) is 4.79 Å². The van der Waals surface area contributed by atoms with Crippen molar-refractivity contribution in [3.05, 3.63) is 65.5 Å². The molecule has 2 aromatic carbocycles. The molecule has 0 aliphatic carbocycles. The molecule has 3 aromatic rings. The van der Waals surface area contributed by atoms with E-state index in [-0.39, 0.29) is 11.7 Å². The Morgan fingerprint density at radius 3 is 2.36 bits per heavy atom. The van der Waals surface area contributed by atoms with Crippen LogP contribution in [0.15, 0.2) is 53.1 Å². The number of carbonyl (C=O) groups excluding carboxylic acids is 1. The van der Waals surface area contributed by atoms with Crippen molar-refractivity contribution >= 4 is 5.78 Å². The first kappa shape index (κ1) is 14.0. The Labute approximate surface area is 127 Å². The molecule has 5 nitrogen and oxygen atoms in total. The number of aryl methyl sites for hydroxylation is 1. The molecule has 0 aliphatic rings. The summed E-state index contributed by atoms with van der Waals surface area (Å²) in [6, 6.07) is 14.4. The van der Waals surface area contributed by atoms with Gasteiger partial charge < -0.3 is 9.26 Å². The van der Waals surface area contributed by atoms with Gasteiger partial charge in [-0.3, -0.25) is 4.79 Å². The average Bonchev–Trinajstić information content (AvgIpc) is 3.05. The monoisotopic (exact) mass is 294 g/mol. The highest BCUT2D eigenvalue weighted by atomic mass is 16.5. The smallest absolute Gasteiger partial charge is 0.299 e. The fraction of sp³-hybridized carbons (Fsp3) is 0.118. The van der Waals surface area contributed by atoms with E-state index in [1.165, 1.54) is 0 Å². The first-order chi connectivity index (χ1) is 10.7. The minimum absolute atomic E-state index is 0.0188. The summed E-state index contributed by atoms with van der Waals surface area (Å²) >= 11 is 0. The first-order valence-electron chi connectivity index (χ1n) is 6.77. The van der Waals surface area contributed by atoms with E-state index >= 15 is 0 Å². The lowest BCUT2D eigenvalue weighted by Gasteiger charge is -1.99. The number of rotatable bonds is 4. The van der Waals surface area contributed by atoms with Crippen LogP contribution in [0, 0.1) is 6.92 Å². The van der Waals surface area contributed by atoms with Gasteiger partial charge in [-0.05, 0) is 31.2 Å². The van der Waals surface area contributed by atoms with Crippen LogP contribution in [0.5, 0.6) is 5.75 Å². The molecule has 3 rings (SSSR count). The van der Waals surface area contributed by atoms with Crippen LogP contribution in [0.4, 0.5) is 0 Å². The summed E-state index contributed by atoms with van der Waals surface area (Å²) in [6.07, 6.45) is 0. The van der Waals surface area contributed by atoms with Crippen LogP contribution in [0.3, 0.4) is 0 Å². The number of ketones is 1. The number of hydrogen-bond acceptors (Lipinski definition) is 5. The lowest BCUT2D eigenvalue weighted by molar-refractivity contribution is 0.0994. The van der Waals surface area contributed by atoms with E-state index in [0.717, 1.165) is 16.9 Å². The zero-order chi connectivity index (χ0) is 15.5. The summed E-state index contributed by atoms with van der Waals surface area (Å²) in [7, 11) is 1.60. The molecule has 0 unspecified atom stereocenters. The Morgan fingerprint density at radius 1 is 1.05 bits per heavy atom. The van der Waals surface area contributed by atoms with Crippen molar-refractivity contribution in [2.24, 2.45) is 0 Å². The van der Waals surface area contributed by atoms with Crippen molar-refractivity contribution in [2.45, 2.75) is 6.92 Å². The summed E-state index contributed by atoms with van der Waals surface area (Å²) < 4.78 is 10.2. The van der Waals surface area contributed by atoms with Crippen LogP contribution in [-0.2, 0) is 0 Å². The molecule has 22 heavy (non-hydrogen) atoms. The first-order valence-corrected chi connectivity index (χ1v) is 6.77. The van der Waals surface area contributed by atoms with Gasteiger partial charge in [0.25, 0.3) is 11.7 Å². The summed E-state index contributed by atoms with van der Waals surface area (Å²) in [5, 5.41) is 3.86. The van der Waals surface area contributed by atoms with Gasteiger partial charge in [-0.25, -0.2) is 0 Å². The third kappa shape index (κ3) is 2.74. The lowest BCUT2D eigenvalue weighted by Crippen LogP contribution is -2.01. The molecule has 0 saturated heterocycles. The summed E-state index contributed by atoms with van der Waals surface area (Å²) in [6.45, 7) is 1.96. The highest BCUT2D eigenvalue weighted by Gasteiger charge is 2.17. The predicted molar refractivity (Wildman–Crippen MR) is 80.9 cm³/mol. The van der Waals surface area contributed by atoms with E-state index in [1.807, 2.05) is 31.2 Å². The molecule has 0 N–H and O–H groups in total. The Balaban J connectivity index is 1.86. The Kier molecular flexibility index (Phi) is 3.70. The molecule has 0 amide bonds. The maximum Gasteiger partial charge on any atom is 0.299 e. The Morgan fingerprint density at radius 2 is 1.73 bits per heavy atom. The van der Waals surface area contributed by atoms with Gasteiger partial charge in [0.05, 0.1) is 7.11 Å². The molecule has 0 aliphatic heterocycles. The number of benzene rings is 2. The van der Waals surface area contributed by atoms with Crippen LogP contribution in [-0.4, -0.2) is 23.0 Å². The number of aromatic nitrogens is 2. The third-order valence-electron chi connectivity index (χ3n) is 3.28. The van der Waals surface area contributed by atoms with Crippen molar-refractivity contribution in [3.63, 3.8) is 0 Å². The molecule has 0 atom stereocenters. The maximum absolute atomic E-state index is 12.3. The van der Waals surface area contributed by atoms with Crippen LogP contribution in [0.1, 0.15) is 21.8 Å². The third-order valence-corrected chi connectivity index (χ3v) is 3.28. The van der Waals surface area contributed by atoms with Crippen LogP contribution in [0.2, 0.25) is 0 Å². The largest absolute Gasteiger partial charge is 0.497 e. The van der Waals surface area contributed by atoms with Gasteiger partial charge in [-0.2, -0.15) is 4.98 Å². The highest BCUT2D eigenvalue weighted by molar-refractivity contribution is 6.06. The van der Waals surface area contributed by atoms with Crippen molar-refractivity contribution < 1.29 is 14.1 Å². The fourth-order valence-electron chi connectivity index (χ4n) is 2.00. The molecule has 0 bridgehead atoms. The molecular formula is C17H14N2O3. The zero-order valence-corrected chi connectivity index (χ0v) is 12.2. The fourth-order valence-corrected chi connectivity index (χ4v) is 2.00. The second-order valence-corrected chi connectivity index (χ2v) is 4.85. The number of nitrogens with zero attached hydrogens (tertiary/aromatic N) is 2. The van der Waals surface area contributed by atoms with Crippen LogP contribution >= 0.6 is 0 Å². The molecule has 0 saturated carbocycles. The number of hydrogen-bond donors (Lipinski definition) is 0. The number of carbonyl (C=O) groups is 1. The van der Waals surface area contributed by atoms with E-state index in [1.54, 1.807) is 31.4 Å². The van der Waals surface area contributed by atoms with E-state index in [2.05, 4.69) is 10.1 Å². The molecule has 5 heteroatoms.